The number of ether oxygens (including phenoxy) is 2. The van der Waals surface area contributed by atoms with Crippen molar-refractivity contribution in [2.24, 2.45) is 5.73 Å². The van der Waals surface area contributed by atoms with Gasteiger partial charge in [0.15, 0.2) is 11.5 Å². The zero-order valence-corrected chi connectivity index (χ0v) is 11.5. The highest BCUT2D eigenvalue weighted by Gasteiger charge is 2.23. The highest BCUT2D eigenvalue weighted by molar-refractivity contribution is 8.00. The monoisotopic (exact) mass is 283 g/mol. The molecule has 1 aromatic carbocycles. The summed E-state index contributed by atoms with van der Waals surface area (Å²) in [5, 5.41) is 9.10. The third kappa shape index (κ3) is 3.13. The van der Waals surface area contributed by atoms with Crippen molar-refractivity contribution in [2.45, 2.75) is 12.0 Å². The Kier molecular flexibility index (Phi) is 4.55. The molecule has 1 aliphatic heterocycles. The number of carbonyl (C=O) groups is 1. The van der Waals surface area contributed by atoms with E-state index in [1.807, 2.05) is 11.8 Å². The molecule has 104 valence electrons. The van der Waals surface area contributed by atoms with Gasteiger partial charge in [0.1, 0.15) is 6.10 Å². The Bertz CT molecular complexity index is 462. The lowest BCUT2D eigenvalue weighted by Crippen LogP contribution is -2.31. The lowest BCUT2D eigenvalue weighted by molar-refractivity contribution is -0.138. The van der Waals surface area contributed by atoms with Gasteiger partial charge in [0, 0.05) is 18.1 Å². The zero-order valence-electron chi connectivity index (χ0n) is 10.7. The summed E-state index contributed by atoms with van der Waals surface area (Å²) in [5.74, 6) is 1.50. The van der Waals surface area contributed by atoms with Gasteiger partial charge < -0.3 is 20.3 Å². The van der Waals surface area contributed by atoms with Crippen molar-refractivity contribution in [3.05, 3.63) is 23.8 Å². The lowest BCUT2D eigenvalue weighted by atomic mass is 9.99. The number of carboxylic acids is 1. The molecular formula is C13H17NO4S. The first-order valence-electron chi connectivity index (χ1n) is 6.01. The van der Waals surface area contributed by atoms with E-state index in [1.165, 1.54) is 0 Å². The third-order valence-electron chi connectivity index (χ3n) is 3.02. The van der Waals surface area contributed by atoms with Crippen LogP contribution in [0.25, 0.3) is 0 Å². The standard InChI is InChI=1S/C13H17NO4S/c1-17-12-4-8(10(5-14)13(15)16)2-3-11(12)18-9-6-19-7-9/h2-4,9-10H,5-7,14H2,1H3,(H,15,16). The van der Waals surface area contributed by atoms with Crippen LogP contribution in [0.4, 0.5) is 0 Å². The Morgan fingerprint density at radius 2 is 2.26 bits per heavy atom. The van der Waals surface area contributed by atoms with Gasteiger partial charge in [-0.15, -0.1) is 0 Å². The highest BCUT2D eigenvalue weighted by atomic mass is 32.2. The normalized spacial score (nSPS) is 16.5. The minimum absolute atomic E-state index is 0.0535. The van der Waals surface area contributed by atoms with Crippen LogP contribution in [-0.2, 0) is 4.79 Å². The van der Waals surface area contributed by atoms with E-state index in [0.717, 1.165) is 11.5 Å². The van der Waals surface area contributed by atoms with Gasteiger partial charge in [-0.25, -0.2) is 0 Å². The minimum atomic E-state index is -0.936. The van der Waals surface area contributed by atoms with Gasteiger partial charge in [0.2, 0.25) is 0 Å². The molecule has 1 fully saturated rings. The summed E-state index contributed by atoms with van der Waals surface area (Å²) >= 11 is 1.83. The molecule has 0 saturated carbocycles. The molecule has 1 heterocycles. The molecule has 0 amide bonds. The summed E-state index contributed by atoms with van der Waals surface area (Å²) in [5.41, 5.74) is 6.12. The molecule has 2 rings (SSSR count). The third-order valence-corrected chi connectivity index (χ3v) is 4.24. The quantitative estimate of drug-likeness (QED) is 0.819. The number of nitrogens with two attached hydrogens (primary N) is 1. The molecule has 0 aromatic heterocycles. The maximum atomic E-state index is 11.1. The van der Waals surface area contributed by atoms with E-state index in [4.69, 9.17) is 20.3 Å². The Balaban J connectivity index is 2.21. The van der Waals surface area contributed by atoms with Crippen molar-refractivity contribution in [3.63, 3.8) is 0 Å². The first-order valence-corrected chi connectivity index (χ1v) is 7.16. The number of methoxy groups -OCH3 is 1. The van der Waals surface area contributed by atoms with E-state index < -0.39 is 11.9 Å². The second-order valence-electron chi connectivity index (χ2n) is 4.31. The average molecular weight is 283 g/mol. The molecule has 1 aliphatic rings. The van der Waals surface area contributed by atoms with E-state index in [0.29, 0.717) is 17.1 Å². The van der Waals surface area contributed by atoms with Gasteiger partial charge >= 0.3 is 5.97 Å². The SMILES string of the molecule is COc1cc(C(CN)C(=O)O)ccc1OC1CSC1. The van der Waals surface area contributed by atoms with Crippen LogP contribution in [0.5, 0.6) is 11.5 Å². The second-order valence-corrected chi connectivity index (χ2v) is 5.39. The zero-order chi connectivity index (χ0) is 13.8. The van der Waals surface area contributed by atoms with Crippen LogP contribution in [0.2, 0.25) is 0 Å². The van der Waals surface area contributed by atoms with Crippen LogP contribution in [0.1, 0.15) is 11.5 Å². The topological polar surface area (TPSA) is 81.8 Å². The summed E-state index contributed by atoms with van der Waals surface area (Å²) in [6.07, 6.45) is 0.217. The van der Waals surface area contributed by atoms with Crippen LogP contribution >= 0.6 is 11.8 Å². The molecule has 0 radical (unpaired) electrons. The van der Waals surface area contributed by atoms with Gasteiger partial charge in [0.05, 0.1) is 13.0 Å². The maximum Gasteiger partial charge on any atom is 0.312 e. The smallest absolute Gasteiger partial charge is 0.312 e. The Morgan fingerprint density at radius 1 is 1.53 bits per heavy atom. The van der Waals surface area contributed by atoms with E-state index >= 15 is 0 Å². The predicted octanol–water partition coefficient (Wildman–Crippen LogP) is 1.32. The fourth-order valence-corrected chi connectivity index (χ4v) is 2.40. The number of carboxylic acid groups (broad SMARTS) is 1. The van der Waals surface area contributed by atoms with Crippen LogP contribution < -0.4 is 15.2 Å². The Labute approximate surface area is 116 Å². The first kappa shape index (κ1) is 14.0. The van der Waals surface area contributed by atoms with Gasteiger partial charge in [0.25, 0.3) is 0 Å². The number of hydrogen-bond donors (Lipinski definition) is 2. The van der Waals surface area contributed by atoms with E-state index in [-0.39, 0.29) is 12.6 Å². The molecular weight excluding hydrogens is 266 g/mol. The molecule has 0 bridgehead atoms. The molecule has 6 heteroatoms. The van der Waals surface area contributed by atoms with Crippen molar-refractivity contribution >= 4 is 17.7 Å². The number of rotatable bonds is 6. The summed E-state index contributed by atoms with van der Waals surface area (Å²) < 4.78 is 11.0. The van der Waals surface area contributed by atoms with Gasteiger partial charge in [-0.3, -0.25) is 4.79 Å². The van der Waals surface area contributed by atoms with Crippen LogP contribution in [-0.4, -0.2) is 42.3 Å². The van der Waals surface area contributed by atoms with E-state index in [2.05, 4.69) is 0 Å². The summed E-state index contributed by atoms with van der Waals surface area (Å²) in [4.78, 5) is 11.1. The average Bonchev–Trinajstić information content (AvgIpc) is 2.35. The van der Waals surface area contributed by atoms with Crippen molar-refractivity contribution in [3.8, 4) is 11.5 Å². The van der Waals surface area contributed by atoms with Crippen molar-refractivity contribution in [1.82, 2.24) is 0 Å². The summed E-state index contributed by atoms with van der Waals surface area (Å²) in [6.45, 7) is 0.0535. The fourth-order valence-electron chi connectivity index (χ4n) is 1.84. The Morgan fingerprint density at radius 3 is 2.74 bits per heavy atom. The predicted molar refractivity (Wildman–Crippen MR) is 74.2 cm³/mol. The minimum Gasteiger partial charge on any atom is -0.493 e. The molecule has 1 unspecified atom stereocenters. The van der Waals surface area contributed by atoms with Crippen LogP contribution in [0.15, 0.2) is 18.2 Å². The molecule has 1 aromatic rings. The molecule has 0 spiro atoms. The highest BCUT2D eigenvalue weighted by Crippen LogP contribution is 2.33. The molecule has 3 N–H and O–H groups in total. The van der Waals surface area contributed by atoms with E-state index in [9.17, 15) is 4.79 Å². The van der Waals surface area contributed by atoms with Gasteiger partial charge in [-0.1, -0.05) is 6.07 Å². The number of thioether (sulfide) groups is 1. The Hall–Kier alpha value is -1.40. The summed E-state index contributed by atoms with van der Waals surface area (Å²) in [7, 11) is 1.54. The first-order chi connectivity index (χ1) is 9.15. The van der Waals surface area contributed by atoms with E-state index in [1.54, 1.807) is 25.3 Å². The number of hydrogen-bond acceptors (Lipinski definition) is 5. The van der Waals surface area contributed by atoms with Crippen LogP contribution in [0.3, 0.4) is 0 Å². The second kappa shape index (κ2) is 6.16. The number of aliphatic carboxylic acids is 1. The van der Waals surface area contributed by atoms with Crippen molar-refractivity contribution < 1.29 is 19.4 Å². The lowest BCUT2D eigenvalue weighted by Gasteiger charge is -2.27. The maximum absolute atomic E-state index is 11.1. The van der Waals surface area contributed by atoms with Crippen molar-refractivity contribution in [1.29, 1.82) is 0 Å². The molecule has 19 heavy (non-hydrogen) atoms. The molecule has 0 aliphatic carbocycles. The van der Waals surface area contributed by atoms with Crippen LogP contribution in [0, 0.1) is 0 Å². The summed E-state index contributed by atoms with van der Waals surface area (Å²) in [6, 6.07) is 5.17. The molecule has 5 nitrogen and oxygen atoms in total. The molecule has 1 saturated heterocycles. The largest absolute Gasteiger partial charge is 0.493 e. The fraction of sp³-hybridized carbons (Fsp3) is 0.462. The van der Waals surface area contributed by atoms with Gasteiger partial charge in [-0.2, -0.15) is 11.8 Å². The number of benzene rings is 1. The van der Waals surface area contributed by atoms with Gasteiger partial charge in [-0.05, 0) is 17.7 Å². The molecule has 1 atom stereocenters. The van der Waals surface area contributed by atoms with Crippen molar-refractivity contribution in [2.75, 3.05) is 25.2 Å².